The fourth-order valence-electron chi connectivity index (χ4n) is 2.89. The minimum atomic E-state index is 0.421. The topological polar surface area (TPSA) is 30.5 Å². The molecule has 1 saturated heterocycles. The van der Waals surface area contributed by atoms with Gasteiger partial charge in [-0.1, -0.05) is 19.1 Å². The highest BCUT2D eigenvalue weighted by Crippen LogP contribution is 2.25. The van der Waals surface area contributed by atoms with Gasteiger partial charge in [0, 0.05) is 12.6 Å². The van der Waals surface area contributed by atoms with E-state index in [2.05, 4.69) is 36.5 Å². The SMILES string of the molecule is CCCNC(CCC1CCCO1)c1ccc(OCC)cc1. The molecule has 2 rings (SSSR count). The van der Waals surface area contributed by atoms with Crippen LogP contribution in [0.4, 0.5) is 0 Å². The Labute approximate surface area is 129 Å². The summed E-state index contributed by atoms with van der Waals surface area (Å²) in [5.41, 5.74) is 1.35. The van der Waals surface area contributed by atoms with Crippen LogP contribution in [0.25, 0.3) is 0 Å². The van der Waals surface area contributed by atoms with Gasteiger partial charge in [0.05, 0.1) is 12.7 Å². The molecule has 1 N–H and O–H groups in total. The number of hydrogen-bond donors (Lipinski definition) is 1. The minimum absolute atomic E-state index is 0.421. The van der Waals surface area contributed by atoms with Crippen LogP contribution >= 0.6 is 0 Å². The Hall–Kier alpha value is -1.06. The summed E-state index contributed by atoms with van der Waals surface area (Å²) in [6.07, 6.45) is 6.37. The van der Waals surface area contributed by atoms with Crippen molar-refractivity contribution in [2.75, 3.05) is 19.8 Å². The molecular weight excluding hydrogens is 262 g/mol. The van der Waals surface area contributed by atoms with Gasteiger partial charge in [-0.2, -0.15) is 0 Å². The second kappa shape index (κ2) is 9.06. The molecule has 1 aromatic carbocycles. The van der Waals surface area contributed by atoms with Crippen molar-refractivity contribution < 1.29 is 9.47 Å². The van der Waals surface area contributed by atoms with Gasteiger partial charge in [0.25, 0.3) is 0 Å². The van der Waals surface area contributed by atoms with Crippen molar-refractivity contribution in [3.8, 4) is 5.75 Å². The quantitative estimate of drug-likeness (QED) is 0.743. The van der Waals surface area contributed by atoms with E-state index in [0.717, 1.165) is 44.8 Å². The molecule has 2 atom stereocenters. The van der Waals surface area contributed by atoms with E-state index in [1.807, 2.05) is 6.92 Å². The molecule has 0 aliphatic carbocycles. The predicted molar refractivity (Wildman–Crippen MR) is 86.9 cm³/mol. The van der Waals surface area contributed by atoms with Crippen molar-refractivity contribution in [2.24, 2.45) is 0 Å². The third-order valence-electron chi connectivity index (χ3n) is 4.04. The molecule has 0 aromatic heterocycles. The number of ether oxygens (including phenoxy) is 2. The Balaban J connectivity index is 1.92. The van der Waals surface area contributed by atoms with E-state index in [4.69, 9.17) is 9.47 Å². The molecule has 0 amide bonds. The average Bonchev–Trinajstić information content (AvgIpc) is 3.02. The van der Waals surface area contributed by atoms with Crippen LogP contribution in [0.15, 0.2) is 24.3 Å². The lowest BCUT2D eigenvalue weighted by molar-refractivity contribution is 0.0996. The maximum Gasteiger partial charge on any atom is 0.119 e. The molecule has 0 bridgehead atoms. The first-order valence-electron chi connectivity index (χ1n) is 8.41. The van der Waals surface area contributed by atoms with E-state index >= 15 is 0 Å². The third kappa shape index (κ3) is 5.33. The summed E-state index contributed by atoms with van der Waals surface area (Å²) in [6.45, 7) is 6.95. The van der Waals surface area contributed by atoms with E-state index in [1.165, 1.54) is 18.4 Å². The van der Waals surface area contributed by atoms with E-state index in [9.17, 15) is 0 Å². The van der Waals surface area contributed by atoms with Gasteiger partial charge in [-0.15, -0.1) is 0 Å². The Morgan fingerprint density at radius 3 is 2.71 bits per heavy atom. The van der Waals surface area contributed by atoms with Crippen LogP contribution in [-0.4, -0.2) is 25.9 Å². The highest BCUT2D eigenvalue weighted by Gasteiger charge is 2.18. The van der Waals surface area contributed by atoms with Crippen LogP contribution in [0.3, 0.4) is 0 Å². The lowest BCUT2D eigenvalue weighted by Crippen LogP contribution is -2.23. The first-order chi connectivity index (χ1) is 10.3. The largest absolute Gasteiger partial charge is 0.494 e. The predicted octanol–water partition coefficient (Wildman–Crippen LogP) is 4.09. The van der Waals surface area contributed by atoms with Crippen molar-refractivity contribution >= 4 is 0 Å². The molecule has 118 valence electrons. The van der Waals surface area contributed by atoms with Gasteiger partial charge >= 0.3 is 0 Å². The lowest BCUT2D eigenvalue weighted by atomic mass is 9.99. The van der Waals surface area contributed by atoms with Gasteiger partial charge in [-0.3, -0.25) is 0 Å². The average molecular weight is 291 g/mol. The molecule has 1 fully saturated rings. The number of rotatable bonds is 9. The fraction of sp³-hybridized carbons (Fsp3) is 0.667. The van der Waals surface area contributed by atoms with Gasteiger partial charge < -0.3 is 14.8 Å². The van der Waals surface area contributed by atoms with E-state index in [0.29, 0.717) is 12.1 Å². The van der Waals surface area contributed by atoms with Crippen LogP contribution in [0, 0.1) is 0 Å². The normalized spacial score (nSPS) is 19.6. The van der Waals surface area contributed by atoms with Crippen LogP contribution in [0.1, 0.15) is 57.6 Å². The zero-order valence-electron chi connectivity index (χ0n) is 13.4. The molecule has 1 heterocycles. The number of nitrogens with one attached hydrogen (secondary N) is 1. The zero-order chi connectivity index (χ0) is 14.9. The Kier molecular flexibility index (Phi) is 7.04. The maximum atomic E-state index is 5.75. The van der Waals surface area contributed by atoms with Crippen molar-refractivity contribution in [1.82, 2.24) is 5.32 Å². The van der Waals surface area contributed by atoms with Crippen molar-refractivity contribution in [3.63, 3.8) is 0 Å². The number of hydrogen-bond acceptors (Lipinski definition) is 3. The first kappa shape index (κ1) is 16.3. The highest BCUT2D eigenvalue weighted by atomic mass is 16.5. The van der Waals surface area contributed by atoms with E-state index in [1.54, 1.807) is 0 Å². The molecule has 3 heteroatoms. The van der Waals surface area contributed by atoms with Gasteiger partial charge in [-0.25, -0.2) is 0 Å². The van der Waals surface area contributed by atoms with E-state index < -0.39 is 0 Å². The molecule has 3 nitrogen and oxygen atoms in total. The molecule has 0 spiro atoms. The summed E-state index contributed by atoms with van der Waals surface area (Å²) < 4.78 is 11.3. The molecule has 0 saturated carbocycles. The van der Waals surface area contributed by atoms with Crippen LogP contribution < -0.4 is 10.1 Å². The molecule has 2 unspecified atom stereocenters. The van der Waals surface area contributed by atoms with Crippen LogP contribution in [0.2, 0.25) is 0 Å². The van der Waals surface area contributed by atoms with Crippen molar-refractivity contribution in [2.45, 2.75) is 58.1 Å². The van der Waals surface area contributed by atoms with Gasteiger partial charge in [-0.05, 0) is 63.3 Å². The second-order valence-electron chi connectivity index (χ2n) is 5.72. The fourth-order valence-corrected chi connectivity index (χ4v) is 2.89. The Morgan fingerprint density at radius 2 is 2.10 bits per heavy atom. The van der Waals surface area contributed by atoms with Gasteiger partial charge in [0.15, 0.2) is 0 Å². The van der Waals surface area contributed by atoms with Gasteiger partial charge in [0.1, 0.15) is 5.75 Å². The third-order valence-corrected chi connectivity index (χ3v) is 4.04. The zero-order valence-corrected chi connectivity index (χ0v) is 13.4. The van der Waals surface area contributed by atoms with Crippen LogP contribution in [0.5, 0.6) is 5.75 Å². The second-order valence-corrected chi connectivity index (χ2v) is 5.72. The Bertz CT molecular complexity index is 385. The summed E-state index contributed by atoms with van der Waals surface area (Å²) in [7, 11) is 0. The smallest absolute Gasteiger partial charge is 0.119 e. The molecule has 21 heavy (non-hydrogen) atoms. The Morgan fingerprint density at radius 1 is 1.29 bits per heavy atom. The number of benzene rings is 1. The van der Waals surface area contributed by atoms with Crippen molar-refractivity contribution in [1.29, 1.82) is 0 Å². The van der Waals surface area contributed by atoms with E-state index in [-0.39, 0.29) is 0 Å². The maximum absolute atomic E-state index is 5.75. The summed E-state index contributed by atoms with van der Waals surface area (Å²) >= 11 is 0. The first-order valence-corrected chi connectivity index (χ1v) is 8.41. The molecule has 1 aliphatic heterocycles. The summed E-state index contributed by atoms with van der Waals surface area (Å²) in [5, 5.41) is 3.66. The molecule has 1 aliphatic rings. The summed E-state index contributed by atoms with van der Waals surface area (Å²) in [6, 6.07) is 8.95. The van der Waals surface area contributed by atoms with Gasteiger partial charge in [0.2, 0.25) is 0 Å². The highest BCUT2D eigenvalue weighted by molar-refractivity contribution is 5.29. The lowest BCUT2D eigenvalue weighted by Gasteiger charge is -2.21. The monoisotopic (exact) mass is 291 g/mol. The molecule has 0 radical (unpaired) electrons. The minimum Gasteiger partial charge on any atom is -0.494 e. The summed E-state index contributed by atoms with van der Waals surface area (Å²) in [5.74, 6) is 0.953. The molecular formula is C18H29NO2. The standard InChI is InChI=1S/C18H29NO2/c1-3-13-19-18(12-11-16-6-5-14-21-16)15-7-9-17(10-8-15)20-4-2/h7-10,16,18-19H,3-6,11-14H2,1-2H3. The molecule has 1 aromatic rings. The van der Waals surface area contributed by atoms with Crippen molar-refractivity contribution in [3.05, 3.63) is 29.8 Å². The van der Waals surface area contributed by atoms with Crippen LogP contribution in [-0.2, 0) is 4.74 Å². The summed E-state index contributed by atoms with van der Waals surface area (Å²) in [4.78, 5) is 0.